The summed E-state index contributed by atoms with van der Waals surface area (Å²) < 4.78 is 10.6. The van der Waals surface area contributed by atoms with Crippen LogP contribution in [0.5, 0.6) is 0 Å². The Bertz CT molecular complexity index is 912. The minimum atomic E-state index is -1.28. The Hall–Kier alpha value is -3.43. The quantitative estimate of drug-likeness (QED) is 0.277. The lowest BCUT2D eigenvalue weighted by molar-refractivity contribution is -0.156. The van der Waals surface area contributed by atoms with E-state index in [2.05, 4.69) is 21.2 Å². The van der Waals surface area contributed by atoms with E-state index in [4.69, 9.17) is 9.47 Å². The zero-order chi connectivity index (χ0) is 26.8. The molecule has 0 aromatic heterocycles. The fraction of sp³-hybridized carbons (Fsp3) is 0.560. The lowest BCUT2D eigenvalue weighted by Crippen LogP contribution is -2.55. The number of carbonyl (C=O) groups excluding carboxylic acids is 4. The van der Waals surface area contributed by atoms with E-state index in [1.165, 1.54) is 0 Å². The third-order valence-corrected chi connectivity index (χ3v) is 4.10. The van der Waals surface area contributed by atoms with Crippen LogP contribution in [0.15, 0.2) is 35.4 Å². The molecule has 0 unspecified atom stereocenters. The number of hydrogen-bond donors (Lipinski definition) is 3. The summed E-state index contributed by atoms with van der Waals surface area (Å²) in [5.41, 5.74) is 2.15. The van der Waals surface area contributed by atoms with Crippen LogP contribution in [0.3, 0.4) is 0 Å². The molecule has 1 rings (SSSR count). The van der Waals surface area contributed by atoms with Gasteiger partial charge in [0, 0.05) is 12.1 Å². The zero-order valence-electron chi connectivity index (χ0n) is 21.9. The molecule has 0 aliphatic rings. The highest BCUT2D eigenvalue weighted by Crippen LogP contribution is 2.11. The third-order valence-electron chi connectivity index (χ3n) is 4.10. The lowest BCUT2D eigenvalue weighted by Gasteiger charge is -2.25. The number of amides is 3. The molecule has 3 amide bonds. The highest BCUT2D eigenvalue weighted by Gasteiger charge is 2.31. The second-order valence-corrected chi connectivity index (χ2v) is 10.3. The van der Waals surface area contributed by atoms with Crippen molar-refractivity contribution in [2.75, 3.05) is 0 Å². The summed E-state index contributed by atoms with van der Waals surface area (Å²) in [6, 6.07) is 6.71. The highest BCUT2D eigenvalue weighted by molar-refractivity contribution is 5.94. The van der Waals surface area contributed by atoms with E-state index in [0.29, 0.717) is 5.71 Å². The lowest BCUT2D eigenvalue weighted by atomic mass is 10.0. The molecule has 0 spiro atoms. The predicted octanol–water partition coefficient (Wildman–Crippen LogP) is 2.85. The van der Waals surface area contributed by atoms with Crippen molar-refractivity contribution in [3.63, 3.8) is 0 Å². The van der Waals surface area contributed by atoms with Gasteiger partial charge >= 0.3 is 12.1 Å². The van der Waals surface area contributed by atoms with Gasteiger partial charge in [-0.05, 0) is 61.0 Å². The number of rotatable bonds is 9. The predicted molar refractivity (Wildman–Crippen MR) is 133 cm³/mol. The van der Waals surface area contributed by atoms with Crippen LogP contribution in [0.1, 0.15) is 67.4 Å². The zero-order valence-corrected chi connectivity index (χ0v) is 21.9. The summed E-state index contributed by atoms with van der Waals surface area (Å²) in [6.45, 7) is 13.6. The molecule has 0 aliphatic carbocycles. The summed E-state index contributed by atoms with van der Waals surface area (Å²) in [7, 11) is 0. The van der Waals surface area contributed by atoms with Gasteiger partial charge in [-0.2, -0.15) is 5.10 Å². The summed E-state index contributed by atoms with van der Waals surface area (Å²) >= 11 is 0. The van der Waals surface area contributed by atoms with Gasteiger partial charge in [0.1, 0.15) is 23.3 Å². The van der Waals surface area contributed by atoms with Crippen LogP contribution in [0, 0.1) is 0 Å². The number of hydrogen-bond acceptors (Lipinski definition) is 7. The van der Waals surface area contributed by atoms with Gasteiger partial charge in [-0.25, -0.2) is 10.2 Å². The van der Waals surface area contributed by atoms with E-state index in [1.54, 1.807) is 67.5 Å². The maximum Gasteiger partial charge on any atom is 0.408 e. The number of nitrogens with one attached hydrogen (secondary N) is 3. The molecule has 0 aliphatic heterocycles. The maximum atomic E-state index is 13.2. The normalized spacial score (nSPS) is 13.0. The first kappa shape index (κ1) is 29.6. The molecule has 194 valence electrons. The average molecular weight is 491 g/mol. The van der Waals surface area contributed by atoms with Gasteiger partial charge in [0.15, 0.2) is 0 Å². The molecule has 35 heavy (non-hydrogen) atoms. The molecule has 0 radical (unpaired) electrons. The number of esters is 1. The van der Waals surface area contributed by atoms with Gasteiger partial charge in [0.25, 0.3) is 5.91 Å². The molecule has 0 saturated heterocycles. The number of alkyl carbamates (subject to hydrolysis) is 1. The first-order valence-corrected chi connectivity index (χ1v) is 11.4. The molecular formula is C25H38N4O6. The summed E-state index contributed by atoms with van der Waals surface area (Å²) in [5.74, 6) is -2.03. The average Bonchev–Trinajstić information content (AvgIpc) is 2.68. The van der Waals surface area contributed by atoms with Crippen molar-refractivity contribution in [2.24, 2.45) is 5.10 Å². The monoisotopic (exact) mass is 490 g/mol. The standard InChI is InChI=1S/C25H38N4O6/c1-16(2)28-29-22(32)19(15-20(30)34-24(3,4)5)26-21(31)18(14-17-12-10-9-11-13-17)27-23(33)35-25(6,7)8/h9-13,18-19H,14-15H2,1-8H3,(H,26,31)(H,27,33)(H,29,32)/t18-,19+/m1/s1. The third kappa shape index (κ3) is 13.1. The van der Waals surface area contributed by atoms with Gasteiger partial charge in [-0.3, -0.25) is 14.4 Å². The van der Waals surface area contributed by atoms with Gasteiger partial charge in [0.2, 0.25) is 5.91 Å². The smallest absolute Gasteiger partial charge is 0.408 e. The van der Waals surface area contributed by atoms with E-state index >= 15 is 0 Å². The van der Waals surface area contributed by atoms with Crippen LogP contribution in [0.25, 0.3) is 0 Å². The molecule has 10 heteroatoms. The number of hydrazone groups is 1. The highest BCUT2D eigenvalue weighted by atomic mass is 16.6. The number of nitrogens with zero attached hydrogens (tertiary/aromatic N) is 1. The fourth-order valence-corrected chi connectivity index (χ4v) is 2.79. The maximum absolute atomic E-state index is 13.2. The molecule has 0 saturated carbocycles. The van der Waals surface area contributed by atoms with Crippen molar-refractivity contribution in [1.29, 1.82) is 0 Å². The Labute approximate surface area is 207 Å². The van der Waals surface area contributed by atoms with Crippen molar-refractivity contribution in [2.45, 2.75) is 91.5 Å². The van der Waals surface area contributed by atoms with Crippen molar-refractivity contribution >= 4 is 29.6 Å². The minimum Gasteiger partial charge on any atom is -0.460 e. The Morgan fingerprint density at radius 3 is 1.91 bits per heavy atom. The van der Waals surface area contributed by atoms with Gasteiger partial charge in [0.05, 0.1) is 6.42 Å². The van der Waals surface area contributed by atoms with Gasteiger partial charge < -0.3 is 20.1 Å². The molecule has 1 aromatic rings. The Morgan fingerprint density at radius 1 is 0.829 bits per heavy atom. The van der Waals surface area contributed by atoms with Crippen LogP contribution in [-0.4, -0.2) is 52.9 Å². The second kappa shape index (κ2) is 12.9. The number of carbonyl (C=O) groups is 4. The van der Waals surface area contributed by atoms with Crippen LogP contribution in [-0.2, 0) is 30.3 Å². The van der Waals surface area contributed by atoms with Crippen LogP contribution >= 0.6 is 0 Å². The topological polar surface area (TPSA) is 135 Å². The van der Waals surface area contributed by atoms with Crippen LogP contribution < -0.4 is 16.1 Å². The molecule has 0 heterocycles. The van der Waals surface area contributed by atoms with E-state index in [1.807, 2.05) is 18.2 Å². The van der Waals surface area contributed by atoms with Crippen molar-refractivity contribution in [3.05, 3.63) is 35.9 Å². The van der Waals surface area contributed by atoms with Crippen molar-refractivity contribution < 1.29 is 28.7 Å². The molecular weight excluding hydrogens is 452 g/mol. The Kier molecular flexibility index (Phi) is 10.9. The summed E-state index contributed by atoms with van der Waals surface area (Å²) in [5, 5.41) is 8.97. The fourth-order valence-electron chi connectivity index (χ4n) is 2.79. The second-order valence-electron chi connectivity index (χ2n) is 10.3. The summed E-state index contributed by atoms with van der Waals surface area (Å²) in [6.07, 6.45) is -1.07. The van der Waals surface area contributed by atoms with Crippen LogP contribution in [0.2, 0.25) is 0 Å². The Morgan fingerprint density at radius 2 is 1.40 bits per heavy atom. The Balaban J connectivity index is 3.12. The van der Waals surface area contributed by atoms with E-state index < -0.39 is 53.6 Å². The summed E-state index contributed by atoms with van der Waals surface area (Å²) in [4.78, 5) is 50.8. The molecule has 0 fully saturated rings. The van der Waals surface area contributed by atoms with Crippen LogP contribution in [0.4, 0.5) is 4.79 Å². The van der Waals surface area contributed by atoms with Gasteiger partial charge in [-0.15, -0.1) is 0 Å². The van der Waals surface area contributed by atoms with E-state index in [9.17, 15) is 19.2 Å². The minimum absolute atomic E-state index is 0.138. The van der Waals surface area contributed by atoms with Crippen molar-refractivity contribution in [1.82, 2.24) is 16.1 Å². The molecule has 0 bridgehead atoms. The molecule has 10 nitrogen and oxygen atoms in total. The molecule has 3 N–H and O–H groups in total. The molecule has 2 atom stereocenters. The van der Waals surface area contributed by atoms with E-state index in [-0.39, 0.29) is 6.42 Å². The molecule has 1 aromatic carbocycles. The first-order chi connectivity index (χ1) is 16.1. The largest absolute Gasteiger partial charge is 0.460 e. The van der Waals surface area contributed by atoms with Crippen molar-refractivity contribution in [3.8, 4) is 0 Å². The number of benzene rings is 1. The SMILES string of the molecule is CC(C)=NNC(=O)[C@H](CC(=O)OC(C)(C)C)NC(=O)[C@@H](Cc1ccccc1)NC(=O)OC(C)(C)C. The van der Waals surface area contributed by atoms with E-state index in [0.717, 1.165) is 5.56 Å². The number of ether oxygens (including phenoxy) is 2. The van der Waals surface area contributed by atoms with Gasteiger partial charge in [-0.1, -0.05) is 30.3 Å². The first-order valence-electron chi connectivity index (χ1n) is 11.4.